The van der Waals surface area contributed by atoms with Gasteiger partial charge in [0, 0.05) is 17.0 Å². The molecule has 0 spiro atoms. The van der Waals surface area contributed by atoms with E-state index in [2.05, 4.69) is 5.32 Å². The molecule has 1 saturated carbocycles. The topological polar surface area (TPSA) is 90.9 Å². The Balaban J connectivity index is 1.52. The fourth-order valence-corrected chi connectivity index (χ4v) is 4.78. The van der Waals surface area contributed by atoms with Gasteiger partial charge in [-0.05, 0) is 49.1 Å². The van der Waals surface area contributed by atoms with Crippen LogP contribution >= 0.6 is 11.8 Å². The number of benzene rings is 2. The summed E-state index contributed by atoms with van der Waals surface area (Å²) in [6.45, 7) is 0.302. The number of hydrogen-bond donors (Lipinski definition) is 1. The normalized spacial score (nSPS) is 13.7. The molecule has 0 radical (unpaired) electrons. The van der Waals surface area contributed by atoms with Crippen molar-refractivity contribution in [2.24, 2.45) is 5.92 Å². The molecule has 1 N–H and O–H groups in total. The first-order chi connectivity index (χ1) is 16.5. The molecule has 0 aromatic heterocycles. The van der Waals surface area contributed by atoms with Gasteiger partial charge in [0.05, 0.1) is 25.5 Å². The van der Waals surface area contributed by atoms with Crippen LogP contribution in [0.3, 0.4) is 0 Å². The molecular formula is C26H31NO6S. The summed E-state index contributed by atoms with van der Waals surface area (Å²) < 4.78 is 15.7. The molecule has 0 unspecified atom stereocenters. The molecule has 0 aliphatic heterocycles. The van der Waals surface area contributed by atoms with E-state index in [-0.39, 0.29) is 17.4 Å². The predicted octanol–water partition coefficient (Wildman–Crippen LogP) is 4.53. The number of ether oxygens (including phenoxy) is 3. The van der Waals surface area contributed by atoms with E-state index >= 15 is 0 Å². The maximum atomic E-state index is 12.7. The highest BCUT2D eigenvalue weighted by Gasteiger charge is 2.18. The van der Waals surface area contributed by atoms with Gasteiger partial charge in [-0.2, -0.15) is 0 Å². The zero-order valence-corrected chi connectivity index (χ0v) is 20.4. The molecule has 7 nitrogen and oxygen atoms in total. The Morgan fingerprint density at radius 1 is 0.971 bits per heavy atom. The summed E-state index contributed by atoms with van der Waals surface area (Å²) in [6.07, 6.45) is 6.10. The molecule has 34 heavy (non-hydrogen) atoms. The van der Waals surface area contributed by atoms with Crippen LogP contribution in [0.5, 0.6) is 11.5 Å². The summed E-state index contributed by atoms with van der Waals surface area (Å²) in [4.78, 5) is 38.1. The SMILES string of the molecule is COc1ccc(C(=O)COC(=O)c2ccccc2SCC(=O)NCC2CCCCC2)cc1OC. The van der Waals surface area contributed by atoms with Gasteiger partial charge < -0.3 is 19.5 Å². The average Bonchev–Trinajstić information content (AvgIpc) is 2.89. The number of hydrogen-bond acceptors (Lipinski definition) is 7. The van der Waals surface area contributed by atoms with E-state index in [1.54, 1.807) is 42.5 Å². The Kier molecular flexibility index (Phi) is 9.82. The lowest BCUT2D eigenvalue weighted by atomic mass is 9.89. The summed E-state index contributed by atoms with van der Waals surface area (Å²) in [5.41, 5.74) is 0.676. The van der Waals surface area contributed by atoms with Gasteiger partial charge >= 0.3 is 5.97 Å². The minimum Gasteiger partial charge on any atom is -0.493 e. The highest BCUT2D eigenvalue weighted by molar-refractivity contribution is 8.00. The monoisotopic (exact) mass is 485 g/mol. The standard InChI is InChI=1S/C26H31NO6S/c1-31-22-13-12-19(14-23(22)32-2)21(28)16-33-26(30)20-10-6-7-11-24(20)34-17-25(29)27-15-18-8-4-3-5-9-18/h6-7,10-14,18H,3-5,8-9,15-17H2,1-2H3,(H,27,29). The molecule has 1 aliphatic rings. The van der Waals surface area contributed by atoms with Crippen molar-refractivity contribution in [3.05, 3.63) is 53.6 Å². The number of ketones is 1. The minimum absolute atomic E-state index is 0.0534. The largest absolute Gasteiger partial charge is 0.493 e. The molecule has 1 fully saturated rings. The van der Waals surface area contributed by atoms with Crippen LogP contribution in [0.15, 0.2) is 47.4 Å². The van der Waals surface area contributed by atoms with Gasteiger partial charge in [-0.3, -0.25) is 9.59 Å². The number of methoxy groups -OCH3 is 2. The van der Waals surface area contributed by atoms with Gasteiger partial charge in [0.1, 0.15) is 0 Å². The maximum Gasteiger partial charge on any atom is 0.339 e. The van der Waals surface area contributed by atoms with Crippen molar-refractivity contribution < 1.29 is 28.6 Å². The van der Waals surface area contributed by atoms with Gasteiger partial charge in [-0.25, -0.2) is 4.79 Å². The molecule has 2 aromatic rings. The molecule has 182 valence electrons. The van der Waals surface area contributed by atoms with E-state index in [4.69, 9.17) is 14.2 Å². The second-order valence-corrected chi connectivity index (χ2v) is 9.18. The van der Waals surface area contributed by atoms with Crippen LogP contribution < -0.4 is 14.8 Å². The Morgan fingerprint density at radius 2 is 1.71 bits per heavy atom. The first-order valence-electron chi connectivity index (χ1n) is 11.4. The van der Waals surface area contributed by atoms with Gasteiger partial charge in [-0.15, -0.1) is 11.8 Å². The number of amides is 1. The van der Waals surface area contributed by atoms with E-state index in [9.17, 15) is 14.4 Å². The highest BCUT2D eigenvalue weighted by atomic mass is 32.2. The van der Waals surface area contributed by atoms with E-state index in [0.29, 0.717) is 40.0 Å². The number of nitrogens with one attached hydrogen (secondary N) is 1. The van der Waals surface area contributed by atoms with Gasteiger partial charge in [0.2, 0.25) is 5.91 Å². The zero-order chi connectivity index (χ0) is 24.3. The van der Waals surface area contributed by atoms with E-state index in [0.717, 1.165) is 0 Å². The summed E-state index contributed by atoms with van der Waals surface area (Å²) in [7, 11) is 2.99. The number of rotatable bonds is 11. The molecule has 0 heterocycles. The lowest BCUT2D eigenvalue weighted by Crippen LogP contribution is -2.31. The fraction of sp³-hybridized carbons (Fsp3) is 0.423. The number of carbonyl (C=O) groups is 3. The number of carbonyl (C=O) groups excluding carboxylic acids is 3. The highest BCUT2D eigenvalue weighted by Crippen LogP contribution is 2.28. The lowest BCUT2D eigenvalue weighted by Gasteiger charge is -2.21. The predicted molar refractivity (Wildman–Crippen MR) is 131 cm³/mol. The van der Waals surface area contributed by atoms with Crippen molar-refractivity contribution in [2.75, 3.05) is 33.1 Å². The number of esters is 1. The quantitative estimate of drug-likeness (QED) is 0.284. The third-order valence-electron chi connectivity index (χ3n) is 5.82. The number of Topliss-reactive ketones (excluding diaryl/α,β-unsaturated/α-hetero) is 1. The third kappa shape index (κ3) is 7.25. The smallest absolute Gasteiger partial charge is 0.339 e. The molecule has 1 amide bonds. The summed E-state index contributed by atoms with van der Waals surface area (Å²) in [5.74, 6) is 0.672. The molecule has 0 bridgehead atoms. The molecule has 0 atom stereocenters. The van der Waals surface area contributed by atoms with Gasteiger partial charge in [0.15, 0.2) is 23.9 Å². The van der Waals surface area contributed by atoms with Crippen LogP contribution in [-0.4, -0.2) is 50.8 Å². The molecular weight excluding hydrogens is 454 g/mol. The van der Waals surface area contributed by atoms with Crippen LogP contribution in [0.1, 0.15) is 52.8 Å². The van der Waals surface area contributed by atoms with E-state index in [1.807, 2.05) is 0 Å². The summed E-state index contributed by atoms with van der Waals surface area (Å²) >= 11 is 1.28. The van der Waals surface area contributed by atoms with Crippen LogP contribution in [0.25, 0.3) is 0 Å². The average molecular weight is 486 g/mol. The summed E-state index contributed by atoms with van der Waals surface area (Å²) in [6, 6.07) is 11.7. The van der Waals surface area contributed by atoms with Crippen molar-refractivity contribution in [2.45, 2.75) is 37.0 Å². The van der Waals surface area contributed by atoms with E-state index in [1.165, 1.54) is 58.1 Å². The van der Waals surface area contributed by atoms with Crippen molar-refractivity contribution in [3.8, 4) is 11.5 Å². The van der Waals surface area contributed by atoms with Crippen molar-refractivity contribution >= 4 is 29.4 Å². The first kappa shape index (κ1) is 25.6. The Labute approximate surface area is 204 Å². The molecule has 8 heteroatoms. The summed E-state index contributed by atoms with van der Waals surface area (Å²) in [5, 5.41) is 3.01. The minimum atomic E-state index is -0.612. The third-order valence-corrected chi connectivity index (χ3v) is 6.89. The Bertz CT molecular complexity index is 1000. The van der Waals surface area contributed by atoms with E-state index < -0.39 is 12.6 Å². The van der Waals surface area contributed by atoms with Gasteiger partial charge in [-0.1, -0.05) is 31.4 Å². The van der Waals surface area contributed by atoms with Crippen molar-refractivity contribution in [1.29, 1.82) is 0 Å². The second-order valence-electron chi connectivity index (χ2n) is 8.16. The van der Waals surface area contributed by atoms with Crippen LogP contribution in [-0.2, 0) is 9.53 Å². The molecule has 2 aromatic carbocycles. The molecule has 1 aliphatic carbocycles. The second kappa shape index (κ2) is 13.0. The maximum absolute atomic E-state index is 12.7. The first-order valence-corrected chi connectivity index (χ1v) is 12.4. The Hall–Kier alpha value is -3.00. The fourth-order valence-electron chi connectivity index (χ4n) is 3.91. The van der Waals surface area contributed by atoms with Crippen molar-refractivity contribution in [1.82, 2.24) is 5.32 Å². The molecule has 3 rings (SSSR count). The van der Waals surface area contributed by atoms with Crippen molar-refractivity contribution in [3.63, 3.8) is 0 Å². The van der Waals surface area contributed by atoms with Crippen LogP contribution in [0.2, 0.25) is 0 Å². The zero-order valence-electron chi connectivity index (χ0n) is 19.6. The van der Waals surface area contributed by atoms with Gasteiger partial charge in [0.25, 0.3) is 0 Å². The lowest BCUT2D eigenvalue weighted by molar-refractivity contribution is -0.118. The van der Waals surface area contributed by atoms with Crippen LogP contribution in [0, 0.1) is 5.92 Å². The number of thioether (sulfide) groups is 1. The molecule has 0 saturated heterocycles. The van der Waals surface area contributed by atoms with Crippen LogP contribution in [0.4, 0.5) is 0 Å². The Morgan fingerprint density at radius 3 is 2.44 bits per heavy atom.